The average Bonchev–Trinajstić information content (AvgIpc) is 2.23. The zero-order valence-electron chi connectivity index (χ0n) is 10.0. The monoisotopic (exact) mass is 268 g/mol. The summed E-state index contributed by atoms with van der Waals surface area (Å²) in [4.78, 5) is 22.0. The molecule has 1 atom stereocenters. The average molecular weight is 268 g/mol. The van der Waals surface area contributed by atoms with Gasteiger partial charge in [0.15, 0.2) is 0 Å². The molecule has 0 heterocycles. The van der Waals surface area contributed by atoms with Gasteiger partial charge in [-0.2, -0.15) is 13.1 Å². The first-order valence-corrected chi connectivity index (χ1v) is 6.17. The van der Waals surface area contributed by atoms with Gasteiger partial charge in [-0.25, -0.2) is 9.52 Å². The van der Waals surface area contributed by atoms with Crippen LogP contribution in [0, 0.1) is 5.92 Å². The molecule has 17 heavy (non-hydrogen) atoms. The van der Waals surface area contributed by atoms with Gasteiger partial charge >= 0.3 is 22.3 Å². The van der Waals surface area contributed by atoms with Crippen molar-refractivity contribution in [2.45, 2.75) is 19.9 Å². The lowest BCUT2D eigenvalue weighted by molar-refractivity contribution is -0.143. The van der Waals surface area contributed by atoms with Crippen LogP contribution < -0.4 is 9.44 Å². The largest absolute Gasteiger partial charge is 0.468 e. The molecule has 0 aliphatic heterocycles. The summed E-state index contributed by atoms with van der Waals surface area (Å²) in [6.45, 7) is 3.25. The van der Waals surface area contributed by atoms with Gasteiger partial charge in [-0.05, 0) is 5.92 Å². The summed E-state index contributed by atoms with van der Waals surface area (Å²) in [5, 5.41) is 0. The molecule has 1 amide bonds. The fraction of sp³-hybridized carbons (Fsp3) is 0.750. The van der Waals surface area contributed by atoms with Crippen molar-refractivity contribution in [2.24, 2.45) is 5.92 Å². The first-order valence-electron chi connectivity index (χ1n) is 4.69. The number of hydrogen-bond donors (Lipinski definition) is 2. The molecule has 0 aliphatic rings. The van der Waals surface area contributed by atoms with E-state index in [1.54, 1.807) is 18.6 Å². The van der Waals surface area contributed by atoms with Gasteiger partial charge in [0.2, 0.25) is 0 Å². The van der Waals surface area contributed by atoms with E-state index < -0.39 is 28.3 Å². The maximum absolute atomic E-state index is 11.4. The van der Waals surface area contributed by atoms with Crippen molar-refractivity contribution < 1.29 is 27.5 Å². The minimum Gasteiger partial charge on any atom is -0.468 e. The number of esters is 1. The quantitative estimate of drug-likeness (QED) is 0.642. The molecule has 0 saturated heterocycles. The third kappa shape index (κ3) is 5.50. The van der Waals surface area contributed by atoms with E-state index in [0.717, 1.165) is 14.2 Å². The highest BCUT2D eigenvalue weighted by atomic mass is 32.2. The van der Waals surface area contributed by atoms with Crippen LogP contribution in [-0.2, 0) is 24.5 Å². The van der Waals surface area contributed by atoms with Crippen LogP contribution in [0.15, 0.2) is 0 Å². The van der Waals surface area contributed by atoms with Crippen LogP contribution in [0.25, 0.3) is 0 Å². The Balaban J connectivity index is 4.76. The van der Waals surface area contributed by atoms with Gasteiger partial charge in [-0.3, -0.25) is 4.79 Å². The van der Waals surface area contributed by atoms with Gasteiger partial charge in [-0.1, -0.05) is 13.8 Å². The van der Waals surface area contributed by atoms with Crippen molar-refractivity contribution in [1.82, 2.24) is 9.44 Å². The molecule has 0 aromatic heterocycles. The molecule has 0 aromatic rings. The Morgan fingerprint density at radius 3 is 2.00 bits per heavy atom. The predicted octanol–water partition coefficient (Wildman–Crippen LogP) is -0.626. The van der Waals surface area contributed by atoms with Crippen LogP contribution in [0.2, 0.25) is 0 Å². The van der Waals surface area contributed by atoms with Crippen LogP contribution in [-0.4, -0.2) is 40.7 Å². The van der Waals surface area contributed by atoms with E-state index in [1.165, 1.54) is 0 Å². The first kappa shape index (κ1) is 15.7. The van der Waals surface area contributed by atoms with E-state index in [9.17, 15) is 18.0 Å². The number of ether oxygens (including phenoxy) is 2. The van der Waals surface area contributed by atoms with Crippen LogP contribution >= 0.6 is 0 Å². The Labute approximate surface area is 99.8 Å². The molecule has 0 bridgehead atoms. The van der Waals surface area contributed by atoms with E-state index in [-0.39, 0.29) is 5.92 Å². The molecule has 0 fully saturated rings. The summed E-state index contributed by atoms with van der Waals surface area (Å²) in [6.07, 6.45) is -1.15. The minimum absolute atomic E-state index is 0.336. The zero-order chi connectivity index (χ0) is 13.6. The second kappa shape index (κ2) is 6.40. The highest BCUT2D eigenvalue weighted by Crippen LogP contribution is 2.04. The first-order chi connectivity index (χ1) is 7.73. The molecule has 0 spiro atoms. The van der Waals surface area contributed by atoms with Gasteiger partial charge < -0.3 is 9.47 Å². The lowest BCUT2D eigenvalue weighted by Gasteiger charge is -2.19. The third-order valence-corrected chi connectivity index (χ3v) is 2.81. The smallest absolute Gasteiger partial charge is 0.421 e. The Hall–Kier alpha value is -1.35. The molecule has 2 N–H and O–H groups in total. The normalized spacial score (nSPS) is 13.0. The van der Waals surface area contributed by atoms with Crippen molar-refractivity contribution >= 4 is 22.3 Å². The topological polar surface area (TPSA) is 111 Å². The predicted molar refractivity (Wildman–Crippen MR) is 58.2 cm³/mol. The van der Waals surface area contributed by atoms with Crippen molar-refractivity contribution in [3.8, 4) is 0 Å². The van der Waals surface area contributed by atoms with Gasteiger partial charge in [0, 0.05) is 0 Å². The van der Waals surface area contributed by atoms with Gasteiger partial charge in [0.1, 0.15) is 6.04 Å². The van der Waals surface area contributed by atoms with Gasteiger partial charge in [-0.15, -0.1) is 0 Å². The van der Waals surface area contributed by atoms with Crippen LogP contribution in [0.4, 0.5) is 4.79 Å². The van der Waals surface area contributed by atoms with Crippen molar-refractivity contribution in [2.75, 3.05) is 14.2 Å². The fourth-order valence-electron chi connectivity index (χ4n) is 0.931. The summed E-state index contributed by atoms with van der Waals surface area (Å²) in [5.74, 6) is -1.08. The molecule has 9 heteroatoms. The molecule has 0 saturated carbocycles. The van der Waals surface area contributed by atoms with Crippen LogP contribution in [0.5, 0.6) is 0 Å². The molecular formula is C8H16N2O6S. The minimum atomic E-state index is -4.17. The summed E-state index contributed by atoms with van der Waals surface area (Å²) >= 11 is 0. The van der Waals surface area contributed by atoms with Crippen LogP contribution in [0.3, 0.4) is 0 Å². The van der Waals surface area contributed by atoms with E-state index in [0.29, 0.717) is 0 Å². The maximum atomic E-state index is 11.4. The summed E-state index contributed by atoms with van der Waals surface area (Å²) in [6, 6.07) is -1.08. The van der Waals surface area contributed by atoms with Crippen molar-refractivity contribution in [3.05, 3.63) is 0 Å². The molecule has 0 radical (unpaired) electrons. The van der Waals surface area contributed by atoms with E-state index in [2.05, 4.69) is 9.47 Å². The molecule has 8 nitrogen and oxygen atoms in total. The summed E-state index contributed by atoms with van der Waals surface area (Å²) in [7, 11) is -2.01. The van der Waals surface area contributed by atoms with Crippen LogP contribution in [0.1, 0.15) is 13.8 Å². The molecule has 0 aromatic carbocycles. The maximum Gasteiger partial charge on any atom is 0.421 e. The van der Waals surface area contributed by atoms with Crippen molar-refractivity contribution in [1.29, 1.82) is 0 Å². The standard InChI is InChI=1S/C8H16N2O6S/c1-5(2)6(7(11)15-3)9-17(13,14)10-8(12)16-4/h5-6,9H,1-4H3,(H,10,12). The molecule has 1 unspecified atom stereocenters. The summed E-state index contributed by atoms with van der Waals surface area (Å²) < 4.78 is 34.9. The number of hydrogen-bond acceptors (Lipinski definition) is 6. The third-order valence-electron chi connectivity index (χ3n) is 1.81. The number of amides is 1. The lowest BCUT2D eigenvalue weighted by Crippen LogP contribution is -2.50. The molecular weight excluding hydrogens is 252 g/mol. The number of rotatable bonds is 5. The fourth-order valence-corrected chi connectivity index (χ4v) is 2.00. The SMILES string of the molecule is COC(=O)NS(=O)(=O)NC(C(=O)OC)C(C)C. The molecule has 0 rings (SSSR count). The van der Waals surface area contributed by atoms with E-state index >= 15 is 0 Å². The zero-order valence-corrected chi connectivity index (χ0v) is 10.8. The Morgan fingerprint density at radius 2 is 1.65 bits per heavy atom. The van der Waals surface area contributed by atoms with E-state index in [1.807, 2.05) is 4.72 Å². The number of carbonyl (C=O) groups excluding carboxylic acids is 2. The van der Waals surface area contributed by atoms with Gasteiger partial charge in [0.05, 0.1) is 14.2 Å². The second-order valence-corrected chi connectivity index (χ2v) is 4.91. The number of nitrogens with one attached hydrogen (secondary N) is 2. The lowest BCUT2D eigenvalue weighted by atomic mass is 10.1. The Morgan fingerprint density at radius 1 is 1.12 bits per heavy atom. The van der Waals surface area contributed by atoms with Gasteiger partial charge in [0.25, 0.3) is 0 Å². The Bertz CT molecular complexity index is 377. The number of methoxy groups -OCH3 is 2. The molecule has 100 valence electrons. The molecule has 0 aliphatic carbocycles. The van der Waals surface area contributed by atoms with Crippen molar-refractivity contribution in [3.63, 3.8) is 0 Å². The highest BCUT2D eigenvalue weighted by molar-refractivity contribution is 7.88. The summed E-state index contributed by atoms with van der Waals surface area (Å²) in [5.41, 5.74) is 0. The highest BCUT2D eigenvalue weighted by Gasteiger charge is 2.29. The van der Waals surface area contributed by atoms with E-state index in [4.69, 9.17) is 0 Å². The Kier molecular flexibility index (Phi) is 5.89. The number of carbonyl (C=O) groups is 2. The second-order valence-electron chi connectivity index (χ2n) is 3.46.